The van der Waals surface area contributed by atoms with Gasteiger partial charge >= 0.3 is 6.03 Å². The van der Waals surface area contributed by atoms with Crippen LogP contribution in [-0.2, 0) is 0 Å². The van der Waals surface area contributed by atoms with E-state index >= 15 is 0 Å². The predicted octanol–water partition coefficient (Wildman–Crippen LogP) is 3.90. The molecule has 0 aromatic heterocycles. The van der Waals surface area contributed by atoms with Gasteiger partial charge in [-0.25, -0.2) is 4.79 Å². The van der Waals surface area contributed by atoms with Gasteiger partial charge in [-0.1, -0.05) is 60.7 Å². The molecule has 2 aromatic rings. The van der Waals surface area contributed by atoms with E-state index in [2.05, 4.69) is 41.5 Å². The molecule has 2 amide bonds. The lowest BCUT2D eigenvalue weighted by Gasteiger charge is -2.15. The molecule has 0 saturated carbocycles. The van der Waals surface area contributed by atoms with Gasteiger partial charge in [-0.15, -0.1) is 6.58 Å². The van der Waals surface area contributed by atoms with Crippen molar-refractivity contribution in [3.05, 3.63) is 72.8 Å². The van der Waals surface area contributed by atoms with E-state index in [4.69, 9.17) is 0 Å². The molecule has 21 heavy (non-hydrogen) atoms. The van der Waals surface area contributed by atoms with E-state index in [-0.39, 0.29) is 12.1 Å². The van der Waals surface area contributed by atoms with Crippen molar-refractivity contribution in [2.75, 3.05) is 6.54 Å². The molecule has 0 saturated heterocycles. The highest BCUT2D eigenvalue weighted by Gasteiger charge is 2.08. The largest absolute Gasteiger partial charge is 0.335 e. The second kappa shape index (κ2) is 7.29. The summed E-state index contributed by atoms with van der Waals surface area (Å²) in [6, 6.07) is 18.2. The summed E-state index contributed by atoms with van der Waals surface area (Å²) < 4.78 is 0. The van der Waals surface area contributed by atoms with Crippen molar-refractivity contribution >= 4 is 6.03 Å². The van der Waals surface area contributed by atoms with Gasteiger partial charge in [0.05, 0.1) is 6.04 Å². The van der Waals surface area contributed by atoms with Crippen molar-refractivity contribution in [1.82, 2.24) is 10.6 Å². The summed E-state index contributed by atoms with van der Waals surface area (Å²) in [5.74, 6) is 0. The van der Waals surface area contributed by atoms with Gasteiger partial charge in [0.25, 0.3) is 0 Å². The predicted molar refractivity (Wildman–Crippen MR) is 87.0 cm³/mol. The molecule has 0 fully saturated rings. The average molecular weight is 280 g/mol. The summed E-state index contributed by atoms with van der Waals surface area (Å²) in [5.41, 5.74) is 3.43. The minimum absolute atomic E-state index is 0.0420. The van der Waals surface area contributed by atoms with E-state index in [1.165, 1.54) is 11.1 Å². The fourth-order valence-corrected chi connectivity index (χ4v) is 2.09. The number of hydrogen-bond donors (Lipinski definition) is 2. The van der Waals surface area contributed by atoms with Gasteiger partial charge in [-0.2, -0.15) is 0 Å². The Morgan fingerprint density at radius 2 is 1.71 bits per heavy atom. The first-order valence-corrected chi connectivity index (χ1v) is 7.01. The van der Waals surface area contributed by atoms with Crippen molar-refractivity contribution < 1.29 is 4.79 Å². The molecule has 108 valence electrons. The maximum atomic E-state index is 11.6. The van der Waals surface area contributed by atoms with Crippen molar-refractivity contribution in [3.63, 3.8) is 0 Å². The van der Waals surface area contributed by atoms with Crippen LogP contribution in [0.2, 0.25) is 0 Å². The monoisotopic (exact) mass is 280 g/mol. The zero-order valence-corrected chi connectivity index (χ0v) is 12.2. The van der Waals surface area contributed by atoms with Crippen LogP contribution in [-0.4, -0.2) is 12.6 Å². The lowest BCUT2D eigenvalue weighted by molar-refractivity contribution is 0.239. The van der Waals surface area contributed by atoms with Gasteiger partial charge in [0.15, 0.2) is 0 Å². The minimum Gasteiger partial charge on any atom is -0.335 e. The Morgan fingerprint density at radius 1 is 1.10 bits per heavy atom. The third kappa shape index (κ3) is 4.21. The first-order valence-electron chi connectivity index (χ1n) is 7.01. The Labute approximate surface area is 125 Å². The number of rotatable bonds is 5. The molecule has 0 bridgehead atoms. The highest BCUT2D eigenvalue weighted by Crippen LogP contribution is 2.21. The van der Waals surface area contributed by atoms with Crippen LogP contribution in [0.5, 0.6) is 0 Å². The van der Waals surface area contributed by atoms with E-state index < -0.39 is 0 Å². The molecular weight excluding hydrogens is 260 g/mol. The number of carbonyl (C=O) groups excluding carboxylic acids is 1. The van der Waals surface area contributed by atoms with Gasteiger partial charge in [0.2, 0.25) is 0 Å². The van der Waals surface area contributed by atoms with Crippen molar-refractivity contribution in [2.45, 2.75) is 13.0 Å². The topological polar surface area (TPSA) is 41.1 Å². The number of benzene rings is 2. The lowest BCUT2D eigenvalue weighted by atomic mass is 10.0. The highest BCUT2D eigenvalue weighted by atomic mass is 16.2. The molecule has 0 aliphatic carbocycles. The van der Waals surface area contributed by atoms with E-state index in [1.807, 2.05) is 37.3 Å². The first kappa shape index (κ1) is 14.9. The molecule has 0 aliphatic heterocycles. The Kier molecular flexibility index (Phi) is 5.16. The quantitative estimate of drug-likeness (QED) is 0.801. The fraction of sp³-hybridized carbons (Fsp3) is 0.167. The smallest absolute Gasteiger partial charge is 0.315 e. The van der Waals surface area contributed by atoms with Gasteiger partial charge in [-0.05, 0) is 23.6 Å². The van der Waals surface area contributed by atoms with Crippen LogP contribution in [0.15, 0.2) is 67.3 Å². The van der Waals surface area contributed by atoms with Gasteiger partial charge in [0, 0.05) is 6.54 Å². The molecule has 0 aliphatic rings. The summed E-state index contributed by atoms with van der Waals surface area (Å²) >= 11 is 0. The molecule has 3 nitrogen and oxygen atoms in total. The molecule has 0 radical (unpaired) electrons. The zero-order valence-electron chi connectivity index (χ0n) is 12.2. The Hall–Kier alpha value is -2.55. The Bertz CT molecular complexity index is 590. The first-order chi connectivity index (χ1) is 10.2. The lowest BCUT2D eigenvalue weighted by Crippen LogP contribution is -2.37. The number of urea groups is 1. The number of nitrogens with one attached hydrogen (secondary N) is 2. The van der Waals surface area contributed by atoms with Crippen LogP contribution in [0, 0.1) is 0 Å². The molecule has 0 spiro atoms. The normalized spacial score (nSPS) is 11.5. The average Bonchev–Trinajstić information content (AvgIpc) is 2.54. The third-order valence-corrected chi connectivity index (χ3v) is 3.27. The van der Waals surface area contributed by atoms with Crippen LogP contribution >= 0.6 is 0 Å². The van der Waals surface area contributed by atoms with Gasteiger partial charge in [0.1, 0.15) is 0 Å². The Morgan fingerprint density at radius 3 is 2.33 bits per heavy atom. The van der Waals surface area contributed by atoms with E-state index in [9.17, 15) is 4.79 Å². The molecule has 1 atom stereocenters. The van der Waals surface area contributed by atoms with Gasteiger partial charge in [-0.3, -0.25) is 0 Å². The van der Waals surface area contributed by atoms with Crippen molar-refractivity contribution in [3.8, 4) is 11.1 Å². The van der Waals surface area contributed by atoms with E-state index in [1.54, 1.807) is 6.08 Å². The van der Waals surface area contributed by atoms with Crippen LogP contribution in [0.3, 0.4) is 0 Å². The standard InChI is InChI=1S/C18H20N2O/c1-3-13-19-18(21)20-14(2)15-9-11-17(12-10-15)16-7-5-4-6-8-16/h3-12,14H,1,13H2,2H3,(H2,19,20,21). The minimum atomic E-state index is -0.186. The van der Waals surface area contributed by atoms with Crippen LogP contribution in [0.25, 0.3) is 11.1 Å². The third-order valence-electron chi connectivity index (χ3n) is 3.27. The van der Waals surface area contributed by atoms with Crippen LogP contribution in [0.1, 0.15) is 18.5 Å². The molecule has 3 heteroatoms. The van der Waals surface area contributed by atoms with E-state index in [0.29, 0.717) is 6.54 Å². The molecule has 2 N–H and O–H groups in total. The maximum Gasteiger partial charge on any atom is 0.315 e. The van der Waals surface area contributed by atoms with Crippen molar-refractivity contribution in [1.29, 1.82) is 0 Å². The van der Waals surface area contributed by atoms with Crippen molar-refractivity contribution in [2.24, 2.45) is 0 Å². The maximum absolute atomic E-state index is 11.6. The fourth-order valence-electron chi connectivity index (χ4n) is 2.09. The molecule has 2 aromatic carbocycles. The Balaban J connectivity index is 2.01. The second-order valence-electron chi connectivity index (χ2n) is 4.85. The van der Waals surface area contributed by atoms with Crippen LogP contribution in [0.4, 0.5) is 4.79 Å². The summed E-state index contributed by atoms with van der Waals surface area (Å²) in [7, 11) is 0. The number of hydrogen-bond acceptors (Lipinski definition) is 1. The summed E-state index contributed by atoms with van der Waals surface area (Å²) in [5, 5.41) is 5.59. The summed E-state index contributed by atoms with van der Waals surface area (Å²) in [4.78, 5) is 11.6. The zero-order chi connectivity index (χ0) is 15.1. The molecule has 2 rings (SSSR count). The van der Waals surface area contributed by atoms with Crippen LogP contribution < -0.4 is 10.6 Å². The highest BCUT2D eigenvalue weighted by molar-refractivity contribution is 5.74. The second-order valence-corrected chi connectivity index (χ2v) is 4.85. The van der Waals surface area contributed by atoms with E-state index in [0.717, 1.165) is 5.56 Å². The SMILES string of the molecule is C=CCNC(=O)NC(C)c1ccc(-c2ccccc2)cc1. The number of amides is 2. The summed E-state index contributed by atoms with van der Waals surface area (Å²) in [6.45, 7) is 5.99. The number of carbonyl (C=O) groups is 1. The molecule has 0 heterocycles. The summed E-state index contributed by atoms with van der Waals surface area (Å²) in [6.07, 6.45) is 1.65. The molecular formula is C18H20N2O. The molecule has 1 unspecified atom stereocenters. The van der Waals surface area contributed by atoms with Gasteiger partial charge < -0.3 is 10.6 Å².